The lowest BCUT2D eigenvalue weighted by molar-refractivity contribution is -0.103. The first kappa shape index (κ1) is 23.4. The molecule has 2 bridgehead atoms. The molecule has 3 fully saturated rings. The fraction of sp³-hybridized carbons (Fsp3) is 0.500. The molecule has 1 amide bonds. The maximum absolute atomic E-state index is 13.5. The molecule has 4 aliphatic carbocycles. The van der Waals surface area contributed by atoms with Crippen LogP contribution in [0.1, 0.15) is 62.5 Å². The smallest absolute Gasteiger partial charge is 0.272 e. The van der Waals surface area contributed by atoms with Crippen molar-refractivity contribution >= 4 is 39.1 Å². The molecule has 4 atom stereocenters. The normalized spacial score (nSPS) is 28.0. The zero-order valence-electron chi connectivity index (χ0n) is 20.4. The summed E-state index contributed by atoms with van der Waals surface area (Å²) >= 11 is 10.2. The van der Waals surface area contributed by atoms with Crippen LogP contribution in [-0.2, 0) is 6.61 Å². The van der Waals surface area contributed by atoms with Gasteiger partial charge in [-0.3, -0.25) is 4.79 Å². The minimum Gasteiger partial charge on any atom is -0.488 e. The second-order valence-corrected chi connectivity index (χ2v) is 12.6. The average Bonchev–Trinajstić information content (AvgIpc) is 3.22. The Hall–Kier alpha value is -2.05. The summed E-state index contributed by atoms with van der Waals surface area (Å²) in [5.41, 5.74) is 4.27. The third-order valence-corrected chi connectivity index (χ3v) is 9.70. The number of rotatable bonds is 4. The predicted molar refractivity (Wildman–Crippen MR) is 142 cm³/mol. The van der Waals surface area contributed by atoms with Crippen LogP contribution in [0.2, 0.25) is 0 Å². The van der Waals surface area contributed by atoms with Crippen molar-refractivity contribution in [3.63, 3.8) is 0 Å². The fourth-order valence-electron chi connectivity index (χ4n) is 6.68. The molecule has 1 aliphatic heterocycles. The van der Waals surface area contributed by atoms with Gasteiger partial charge in [-0.15, -0.1) is 0 Å². The molecule has 1 aromatic heterocycles. The highest BCUT2D eigenvalue weighted by molar-refractivity contribution is 9.10. The van der Waals surface area contributed by atoms with Gasteiger partial charge in [0.25, 0.3) is 5.91 Å². The molecule has 5 aliphatic rings. The van der Waals surface area contributed by atoms with Crippen LogP contribution in [0.5, 0.6) is 5.75 Å². The monoisotopic (exact) mass is 555 g/mol. The largest absolute Gasteiger partial charge is 0.488 e. The molecule has 7 heteroatoms. The molecule has 1 aromatic carbocycles. The standard InChI is InChI=1S/C28H31BrClN3O2/c1-15-4-9-23(22(30)10-15)33-26-19-8-7-18(29)12-24(19)35-14-20(26)25(32-33)27(34)31-13-16-5-6-17-11-21(16)28(17,2)3/h7-10,12,15-17,21H,4-6,11,13-14H2,1-3H3,(H,31,34). The quantitative estimate of drug-likeness (QED) is 0.441. The van der Waals surface area contributed by atoms with E-state index in [-0.39, 0.29) is 5.91 Å². The number of nitrogens with zero attached hydrogens (tertiary/aromatic N) is 2. The van der Waals surface area contributed by atoms with Crippen LogP contribution in [0.15, 0.2) is 39.9 Å². The van der Waals surface area contributed by atoms with Crippen LogP contribution in [-0.4, -0.2) is 22.2 Å². The van der Waals surface area contributed by atoms with E-state index < -0.39 is 0 Å². The van der Waals surface area contributed by atoms with Crippen molar-refractivity contribution in [3.05, 3.63) is 51.1 Å². The first-order chi connectivity index (χ1) is 16.7. The molecule has 35 heavy (non-hydrogen) atoms. The van der Waals surface area contributed by atoms with Crippen LogP contribution in [0.4, 0.5) is 0 Å². The molecular weight excluding hydrogens is 526 g/mol. The highest BCUT2D eigenvalue weighted by Gasteiger charge is 2.54. The molecule has 0 radical (unpaired) electrons. The van der Waals surface area contributed by atoms with Gasteiger partial charge in [0.2, 0.25) is 0 Å². The van der Waals surface area contributed by atoms with Crippen molar-refractivity contribution in [2.24, 2.45) is 29.1 Å². The molecule has 0 spiro atoms. The maximum atomic E-state index is 13.5. The Morgan fingerprint density at radius 1 is 1.34 bits per heavy atom. The molecular formula is C28H31BrClN3O2. The third-order valence-electron chi connectivity index (χ3n) is 8.88. The lowest BCUT2D eigenvalue weighted by Crippen LogP contribution is -2.54. The van der Waals surface area contributed by atoms with Gasteiger partial charge in [-0.25, -0.2) is 4.68 Å². The number of hydrogen-bond donors (Lipinski definition) is 1. The summed E-state index contributed by atoms with van der Waals surface area (Å²) in [7, 11) is 0. The Labute approximate surface area is 220 Å². The molecule has 184 valence electrons. The summed E-state index contributed by atoms with van der Waals surface area (Å²) in [5.74, 6) is 3.09. The van der Waals surface area contributed by atoms with Crippen LogP contribution < -0.4 is 10.1 Å². The molecule has 3 saturated carbocycles. The predicted octanol–water partition coefficient (Wildman–Crippen LogP) is 7.01. The Morgan fingerprint density at radius 2 is 2.17 bits per heavy atom. The van der Waals surface area contributed by atoms with Crippen LogP contribution in [0.3, 0.4) is 0 Å². The number of ether oxygens (including phenoxy) is 1. The van der Waals surface area contributed by atoms with Crippen molar-refractivity contribution in [3.8, 4) is 17.0 Å². The van der Waals surface area contributed by atoms with Crippen molar-refractivity contribution in [2.45, 2.75) is 53.1 Å². The van der Waals surface area contributed by atoms with Gasteiger partial charge in [0.15, 0.2) is 5.69 Å². The molecule has 4 unspecified atom stereocenters. The van der Waals surface area contributed by atoms with Crippen molar-refractivity contribution in [1.29, 1.82) is 0 Å². The van der Waals surface area contributed by atoms with Gasteiger partial charge in [0.05, 0.1) is 16.4 Å². The number of fused-ring (bicyclic) bond motifs is 5. The summed E-state index contributed by atoms with van der Waals surface area (Å²) in [4.78, 5) is 13.5. The van der Waals surface area contributed by atoms with Gasteiger partial charge >= 0.3 is 0 Å². The SMILES string of the molecule is CC1C=C(Cl)C(n2nc(C(=O)NCC3CCC4CC3C4(C)C)c3c2-c2ccc(Br)cc2OC3)=CC1. The summed E-state index contributed by atoms with van der Waals surface area (Å²) in [6, 6.07) is 5.96. The number of benzene rings is 1. The van der Waals surface area contributed by atoms with E-state index in [9.17, 15) is 4.79 Å². The molecule has 5 nitrogen and oxygen atoms in total. The van der Waals surface area contributed by atoms with Gasteiger partial charge in [-0.05, 0) is 73.0 Å². The van der Waals surface area contributed by atoms with Crippen LogP contribution in [0, 0.1) is 29.1 Å². The highest BCUT2D eigenvalue weighted by atomic mass is 79.9. The number of nitrogens with one attached hydrogen (secondary N) is 1. The van der Waals surface area contributed by atoms with Gasteiger partial charge < -0.3 is 10.1 Å². The zero-order valence-corrected chi connectivity index (χ0v) is 22.7. The molecule has 2 heterocycles. The molecule has 1 N–H and O–H groups in total. The number of aromatic nitrogens is 2. The summed E-state index contributed by atoms with van der Waals surface area (Å²) in [5, 5.41) is 8.75. The van der Waals surface area contributed by atoms with Gasteiger partial charge in [0, 0.05) is 22.1 Å². The van der Waals surface area contributed by atoms with E-state index in [1.165, 1.54) is 19.3 Å². The minimum atomic E-state index is -0.131. The maximum Gasteiger partial charge on any atom is 0.272 e. The summed E-state index contributed by atoms with van der Waals surface area (Å²) < 4.78 is 8.88. The molecule has 7 rings (SSSR count). The van der Waals surface area contributed by atoms with Gasteiger partial charge in [0.1, 0.15) is 12.4 Å². The first-order valence-electron chi connectivity index (χ1n) is 12.6. The summed E-state index contributed by atoms with van der Waals surface area (Å²) in [6.45, 7) is 7.92. The van der Waals surface area contributed by atoms with Crippen molar-refractivity contribution in [2.75, 3.05) is 6.54 Å². The van der Waals surface area contributed by atoms with E-state index in [0.29, 0.717) is 47.0 Å². The number of amides is 1. The van der Waals surface area contributed by atoms with Crippen LogP contribution >= 0.6 is 27.5 Å². The summed E-state index contributed by atoms with van der Waals surface area (Å²) in [6.07, 6.45) is 8.82. The van der Waals surface area contributed by atoms with E-state index >= 15 is 0 Å². The van der Waals surface area contributed by atoms with E-state index in [4.69, 9.17) is 21.4 Å². The lowest BCUT2D eigenvalue weighted by Gasteiger charge is -2.60. The van der Waals surface area contributed by atoms with E-state index in [1.807, 2.05) is 22.9 Å². The Morgan fingerprint density at radius 3 is 2.91 bits per heavy atom. The minimum absolute atomic E-state index is 0.131. The third kappa shape index (κ3) is 3.79. The Kier molecular flexibility index (Phi) is 5.68. The average molecular weight is 557 g/mol. The fourth-order valence-corrected chi connectivity index (χ4v) is 7.39. The van der Waals surface area contributed by atoms with Gasteiger partial charge in [-0.1, -0.05) is 60.5 Å². The zero-order chi connectivity index (χ0) is 24.5. The molecule has 0 saturated heterocycles. The first-order valence-corrected chi connectivity index (χ1v) is 13.8. The van der Waals surface area contributed by atoms with E-state index in [1.54, 1.807) is 0 Å². The second-order valence-electron chi connectivity index (χ2n) is 11.2. The highest BCUT2D eigenvalue weighted by Crippen LogP contribution is 2.61. The number of allylic oxidation sites excluding steroid dienone is 4. The van der Waals surface area contributed by atoms with Gasteiger partial charge in [-0.2, -0.15) is 5.10 Å². The number of hydrogen-bond acceptors (Lipinski definition) is 3. The Balaban J connectivity index is 1.34. The van der Waals surface area contributed by atoms with E-state index in [0.717, 1.165) is 45.1 Å². The van der Waals surface area contributed by atoms with E-state index in [2.05, 4.69) is 54.2 Å². The van der Waals surface area contributed by atoms with Crippen LogP contribution in [0.25, 0.3) is 17.0 Å². The Bertz CT molecular complexity index is 1280. The second kappa shape index (κ2) is 8.52. The number of carbonyl (C=O) groups is 1. The lowest BCUT2D eigenvalue weighted by atomic mass is 9.45. The molecule has 2 aromatic rings. The topological polar surface area (TPSA) is 56.2 Å². The van der Waals surface area contributed by atoms with Crippen molar-refractivity contribution in [1.82, 2.24) is 15.1 Å². The number of carbonyl (C=O) groups excluding carboxylic acids is 1. The van der Waals surface area contributed by atoms with Crippen molar-refractivity contribution < 1.29 is 9.53 Å². The number of halogens is 2.